The molecule has 1 aromatic carbocycles. The highest BCUT2D eigenvalue weighted by Gasteiger charge is 2.30. The van der Waals surface area contributed by atoms with Crippen molar-refractivity contribution >= 4 is 38.7 Å². The molecule has 1 aliphatic heterocycles. The lowest BCUT2D eigenvalue weighted by Crippen LogP contribution is -2.24. The number of imidazole rings is 1. The molecule has 5 aromatic rings. The fourth-order valence-corrected chi connectivity index (χ4v) is 4.50. The van der Waals surface area contributed by atoms with Crippen molar-refractivity contribution in [2.75, 3.05) is 11.4 Å². The summed E-state index contributed by atoms with van der Waals surface area (Å²) >= 11 is 3.31. The Labute approximate surface area is 188 Å². The molecule has 1 fully saturated rings. The highest BCUT2D eigenvalue weighted by molar-refractivity contribution is 9.10. The lowest BCUT2D eigenvalue weighted by Gasteiger charge is -2.26. The predicted molar refractivity (Wildman–Crippen MR) is 117 cm³/mol. The second kappa shape index (κ2) is 7.30. The third-order valence-corrected chi connectivity index (χ3v) is 6.03. The molecule has 1 aliphatic rings. The molecule has 1 atom stereocenters. The number of aromatic amines is 1. The summed E-state index contributed by atoms with van der Waals surface area (Å²) in [6.07, 6.45) is 6.63. The topological polar surface area (TPSA) is 87.9 Å². The van der Waals surface area contributed by atoms with Gasteiger partial charge in [-0.3, -0.25) is 0 Å². The van der Waals surface area contributed by atoms with Crippen LogP contribution in [0.3, 0.4) is 0 Å². The first-order chi connectivity index (χ1) is 15.6. The standard InChI is InChI=1S/C21H15BrF2N8/c22-16-10-25-19-20(27-16)30-18(29-19)13-9-26-32-7-5-17(28-21(13)32)31-6-1-2-15(31)12-8-11(23)3-4-14(12)24/h3-5,7-10,15H,1-2,6H2,(H,25,27,29,30)/t15-/m1/s1. The molecule has 0 spiro atoms. The molecular weight excluding hydrogens is 482 g/mol. The van der Waals surface area contributed by atoms with Gasteiger partial charge in [-0.15, -0.1) is 0 Å². The molecule has 6 rings (SSSR count). The highest BCUT2D eigenvalue weighted by atomic mass is 79.9. The van der Waals surface area contributed by atoms with Crippen LogP contribution in [0.4, 0.5) is 14.6 Å². The first-order valence-corrected chi connectivity index (χ1v) is 10.8. The summed E-state index contributed by atoms with van der Waals surface area (Å²) in [5, 5.41) is 4.37. The van der Waals surface area contributed by atoms with E-state index in [9.17, 15) is 8.78 Å². The van der Waals surface area contributed by atoms with Gasteiger partial charge < -0.3 is 9.88 Å². The van der Waals surface area contributed by atoms with Gasteiger partial charge in [0.25, 0.3) is 0 Å². The van der Waals surface area contributed by atoms with Gasteiger partial charge in [0.2, 0.25) is 0 Å². The predicted octanol–water partition coefficient (Wildman–Crippen LogP) is 4.44. The van der Waals surface area contributed by atoms with Crippen LogP contribution in [0.1, 0.15) is 24.4 Å². The number of fused-ring (bicyclic) bond motifs is 2. The molecule has 32 heavy (non-hydrogen) atoms. The van der Waals surface area contributed by atoms with Crippen LogP contribution in [0.5, 0.6) is 0 Å². The molecule has 0 bridgehead atoms. The first kappa shape index (κ1) is 19.2. The molecule has 0 amide bonds. The SMILES string of the molecule is Fc1ccc(F)c([C@H]2CCCN2c2ccn3ncc(-c4nc5ncc(Br)nc5[nH]4)c3n2)c1. The largest absolute Gasteiger partial charge is 0.349 e. The Bertz CT molecular complexity index is 1480. The fraction of sp³-hybridized carbons (Fsp3) is 0.190. The number of nitrogens with zero attached hydrogens (tertiary/aromatic N) is 7. The molecule has 0 saturated carbocycles. The van der Waals surface area contributed by atoms with Crippen LogP contribution in [-0.2, 0) is 0 Å². The lowest BCUT2D eigenvalue weighted by molar-refractivity contribution is 0.560. The molecule has 0 radical (unpaired) electrons. The summed E-state index contributed by atoms with van der Waals surface area (Å²) in [5.41, 5.74) is 2.66. The van der Waals surface area contributed by atoms with Crippen molar-refractivity contribution in [3.05, 3.63) is 64.7 Å². The molecule has 5 heterocycles. The summed E-state index contributed by atoms with van der Waals surface area (Å²) in [7, 11) is 0. The van der Waals surface area contributed by atoms with Crippen LogP contribution >= 0.6 is 15.9 Å². The average Bonchev–Trinajstić information content (AvgIpc) is 3.52. The van der Waals surface area contributed by atoms with Crippen LogP contribution < -0.4 is 4.90 Å². The van der Waals surface area contributed by atoms with Crippen LogP contribution in [-0.4, -0.2) is 41.1 Å². The molecule has 160 valence electrons. The van der Waals surface area contributed by atoms with Gasteiger partial charge in [0, 0.05) is 18.3 Å². The van der Waals surface area contributed by atoms with E-state index in [1.165, 1.54) is 12.1 Å². The Morgan fingerprint density at radius 1 is 1.09 bits per heavy atom. The maximum absolute atomic E-state index is 14.5. The Kier molecular flexibility index (Phi) is 4.39. The number of nitrogens with one attached hydrogen (secondary N) is 1. The van der Waals surface area contributed by atoms with Crippen molar-refractivity contribution in [2.45, 2.75) is 18.9 Å². The number of rotatable bonds is 3. The fourth-order valence-electron chi connectivity index (χ4n) is 4.22. The smallest absolute Gasteiger partial charge is 0.197 e. The number of halogens is 3. The number of hydrogen-bond acceptors (Lipinski definition) is 6. The quantitative estimate of drug-likeness (QED) is 0.397. The minimum atomic E-state index is -0.450. The second-order valence-corrected chi connectivity index (χ2v) is 8.39. The van der Waals surface area contributed by atoms with Gasteiger partial charge in [0.05, 0.1) is 24.0 Å². The van der Waals surface area contributed by atoms with E-state index in [4.69, 9.17) is 4.98 Å². The van der Waals surface area contributed by atoms with Crippen molar-refractivity contribution in [2.24, 2.45) is 0 Å². The number of benzene rings is 1. The maximum atomic E-state index is 14.5. The minimum absolute atomic E-state index is 0.288. The Balaban J connectivity index is 1.43. The summed E-state index contributed by atoms with van der Waals surface area (Å²) < 4.78 is 30.5. The van der Waals surface area contributed by atoms with Gasteiger partial charge in [-0.1, -0.05) is 0 Å². The zero-order valence-electron chi connectivity index (χ0n) is 16.5. The van der Waals surface area contributed by atoms with Crippen LogP contribution in [0.15, 0.2) is 47.5 Å². The second-order valence-electron chi connectivity index (χ2n) is 7.58. The van der Waals surface area contributed by atoms with Crippen molar-refractivity contribution in [3.8, 4) is 11.4 Å². The Hall–Kier alpha value is -3.47. The number of H-pyrrole nitrogens is 1. The summed E-state index contributed by atoms with van der Waals surface area (Å²) in [6.45, 7) is 0.694. The van der Waals surface area contributed by atoms with Crippen molar-refractivity contribution < 1.29 is 8.78 Å². The van der Waals surface area contributed by atoms with Gasteiger partial charge in [-0.2, -0.15) is 5.10 Å². The van der Waals surface area contributed by atoms with E-state index in [2.05, 4.69) is 41.0 Å². The monoisotopic (exact) mass is 496 g/mol. The van der Waals surface area contributed by atoms with E-state index in [-0.39, 0.29) is 6.04 Å². The number of anilines is 1. The molecule has 1 N–H and O–H groups in total. The molecule has 0 unspecified atom stereocenters. The van der Waals surface area contributed by atoms with Gasteiger partial charge in [0.15, 0.2) is 16.9 Å². The van der Waals surface area contributed by atoms with Gasteiger partial charge in [-0.25, -0.2) is 33.2 Å². The van der Waals surface area contributed by atoms with E-state index in [1.807, 2.05) is 11.0 Å². The van der Waals surface area contributed by atoms with Crippen molar-refractivity contribution in [3.63, 3.8) is 0 Å². The lowest BCUT2D eigenvalue weighted by atomic mass is 10.0. The van der Waals surface area contributed by atoms with Gasteiger partial charge >= 0.3 is 0 Å². The van der Waals surface area contributed by atoms with Crippen molar-refractivity contribution in [1.82, 2.24) is 34.5 Å². The van der Waals surface area contributed by atoms with Crippen LogP contribution in [0, 0.1) is 11.6 Å². The zero-order valence-corrected chi connectivity index (χ0v) is 18.1. The van der Waals surface area contributed by atoms with E-state index < -0.39 is 11.6 Å². The summed E-state index contributed by atoms with van der Waals surface area (Å²) in [5.74, 6) is 0.351. The third-order valence-electron chi connectivity index (χ3n) is 5.65. The molecule has 4 aromatic heterocycles. The average molecular weight is 497 g/mol. The molecule has 1 saturated heterocycles. The zero-order chi connectivity index (χ0) is 21.8. The van der Waals surface area contributed by atoms with E-state index in [1.54, 1.807) is 23.1 Å². The van der Waals surface area contributed by atoms with Crippen LogP contribution in [0.25, 0.3) is 28.3 Å². The van der Waals surface area contributed by atoms with Gasteiger partial charge in [-0.05, 0) is 53.0 Å². The first-order valence-electron chi connectivity index (χ1n) is 10.0. The summed E-state index contributed by atoms with van der Waals surface area (Å²) in [4.78, 5) is 23.1. The van der Waals surface area contributed by atoms with E-state index in [0.717, 1.165) is 18.9 Å². The van der Waals surface area contributed by atoms with E-state index in [0.29, 0.717) is 50.9 Å². The molecular formula is C21H15BrF2N8. The summed E-state index contributed by atoms with van der Waals surface area (Å²) in [6, 6.07) is 5.13. The van der Waals surface area contributed by atoms with Gasteiger partial charge in [0.1, 0.15) is 27.9 Å². The third kappa shape index (κ3) is 3.11. The van der Waals surface area contributed by atoms with Crippen LogP contribution in [0.2, 0.25) is 0 Å². The number of aromatic nitrogens is 7. The molecule has 0 aliphatic carbocycles. The minimum Gasteiger partial charge on any atom is -0.349 e. The number of hydrogen-bond donors (Lipinski definition) is 1. The maximum Gasteiger partial charge on any atom is 0.197 e. The molecule has 8 nitrogen and oxygen atoms in total. The Morgan fingerprint density at radius 3 is 2.91 bits per heavy atom. The van der Waals surface area contributed by atoms with Crippen molar-refractivity contribution in [1.29, 1.82) is 0 Å². The van der Waals surface area contributed by atoms with E-state index >= 15 is 0 Å². The Morgan fingerprint density at radius 2 is 2.00 bits per heavy atom. The highest BCUT2D eigenvalue weighted by Crippen LogP contribution is 2.37. The molecule has 11 heteroatoms. The normalized spacial score (nSPS) is 16.5.